The molecule has 4 nitrogen and oxygen atoms in total. The van der Waals surface area contributed by atoms with Gasteiger partial charge in [-0.25, -0.2) is 4.39 Å². The van der Waals surface area contributed by atoms with Gasteiger partial charge in [0, 0.05) is 13.1 Å². The third-order valence-corrected chi connectivity index (χ3v) is 2.18. The molecule has 1 aromatic carbocycles. The summed E-state index contributed by atoms with van der Waals surface area (Å²) in [4.78, 5) is 11.2. The molecule has 0 bridgehead atoms. The van der Waals surface area contributed by atoms with E-state index in [0.717, 1.165) is 5.56 Å². The summed E-state index contributed by atoms with van der Waals surface area (Å²) < 4.78 is 18.7. The van der Waals surface area contributed by atoms with E-state index in [4.69, 9.17) is 4.74 Å². The molecule has 0 aromatic heterocycles. The van der Waals surface area contributed by atoms with Crippen LogP contribution in [-0.4, -0.2) is 26.1 Å². The molecule has 0 atom stereocenters. The fraction of sp³-hybridized carbons (Fsp3) is 0.308. The normalized spacial score (nSPS) is 9.89. The van der Waals surface area contributed by atoms with Crippen LogP contribution < -0.4 is 15.4 Å². The van der Waals surface area contributed by atoms with Gasteiger partial charge in [0.2, 0.25) is 0 Å². The van der Waals surface area contributed by atoms with E-state index >= 15 is 0 Å². The van der Waals surface area contributed by atoms with Crippen molar-refractivity contribution in [2.24, 2.45) is 0 Å². The molecule has 0 aliphatic carbocycles. The second-order valence-corrected chi connectivity index (χ2v) is 3.68. The first-order chi connectivity index (χ1) is 8.67. The Balaban J connectivity index is 2.52. The van der Waals surface area contributed by atoms with E-state index in [1.54, 1.807) is 19.2 Å². The maximum absolute atomic E-state index is 13.6. The molecule has 5 heteroatoms. The molecule has 0 spiro atoms. The number of ether oxygens (including phenoxy) is 1. The molecule has 0 saturated heterocycles. The fourth-order valence-electron chi connectivity index (χ4n) is 1.36. The minimum absolute atomic E-state index is 0.0728. The fourth-order valence-corrected chi connectivity index (χ4v) is 1.36. The van der Waals surface area contributed by atoms with Gasteiger partial charge in [-0.05, 0) is 24.7 Å². The molecule has 0 aliphatic rings. The zero-order chi connectivity index (χ0) is 13.4. The lowest BCUT2D eigenvalue weighted by molar-refractivity contribution is -0.122. The van der Waals surface area contributed by atoms with Crippen molar-refractivity contribution < 1.29 is 13.9 Å². The lowest BCUT2D eigenvalue weighted by Gasteiger charge is -2.08. The van der Waals surface area contributed by atoms with Gasteiger partial charge in [0.1, 0.15) is 0 Å². The van der Waals surface area contributed by atoms with E-state index in [0.29, 0.717) is 13.1 Å². The standard InChI is InChI=1S/C13H17FN2O2/c1-3-6-16-13(17)9-18-12-5-4-10(8-15-2)7-11(12)14/h3-5,7,15H,1,6,8-9H2,2H3,(H,16,17). The number of nitrogens with one attached hydrogen (secondary N) is 2. The third kappa shape index (κ3) is 4.55. The summed E-state index contributed by atoms with van der Waals surface area (Å²) in [5.74, 6) is -0.712. The topological polar surface area (TPSA) is 50.4 Å². The Hall–Kier alpha value is -1.88. The molecule has 2 N–H and O–H groups in total. The number of hydrogen-bond acceptors (Lipinski definition) is 3. The molecule has 0 radical (unpaired) electrons. The Morgan fingerprint density at radius 2 is 2.33 bits per heavy atom. The van der Waals surface area contributed by atoms with Crippen molar-refractivity contribution in [2.75, 3.05) is 20.2 Å². The van der Waals surface area contributed by atoms with Crippen LogP contribution in [0.1, 0.15) is 5.56 Å². The molecule has 1 amide bonds. The van der Waals surface area contributed by atoms with Gasteiger partial charge >= 0.3 is 0 Å². The summed E-state index contributed by atoms with van der Waals surface area (Å²) >= 11 is 0. The Morgan fingerprint density at radius 3 is 2.94 bits per heavy atom. The Kier molecular flexibility index (Phi) is 5.87. The minimum atomic E-state index is -0.473. The quantitative estimate of drug-likeness (QED) is 0.718. The van der Waals surface area contributed by atoms with Crippen LogP contribution in [0.15, 0.2) is 30.9 Å². The van der Waals surface area contributed by atoms with Crippen molar-refractivity contribution in [1.29, 1.82) is 0 Å². The predicted molar refractivity (Wildman–Crippen MR) is 67.9 cm³/mol. The summed E-state index contributed by atoms with van der Waals surface area (Å²) in [6.45, 7) is 4.21. The van der Waals surface area contributed by atoms with Crippen molar-refractivity contribution in [2.45, 2.75) is 6.54 Å². The Morgan fingerprint density at radius 1 is 1.56 bits per heavy atom. The van der Waals surface area contributed by atoms with Gasteiger partial charge in [0.25, 0.3) is 5.91 Å². The summed E-state index contributed by atoms with van der Waals surface area (Å²) in [6, 6.07) is 4.65. The number of hydrogen-bond donors (Lipinski definition) is 2. The highest BCUT2D eigenvalue weighted by Crippen LogP contribution is 2.18. The van der Waals surface area contributed by atoms with Crippen LogP contribution in [-0.2, 0) is 11.3 Å². The smallest absolute Gasteiger partial charge is 0.258 e. The minimum Gasteiger partial charge on any atom is -0.481 e. The van der Waals surface area contributed by atoms with Gasteiger partial charge in [-0.1, -0.05) is 12.1 Å². The number of carbonyl (C=O) groups is 1. The van der Waals surface area contributed by atoms with Crippen molar-refractivity contribution in [3.05, 3.63) is 42.2 Å². The summed E-state index contributed by atoms with van der Waals surface area (Å²) in [5, 5.41) is 5.46. The highest BCUT2D eigenvalue weighted by molar-refractivity contribution is 5.77. The van der Waals surface area contributed by atoms with Crippen LogP contribution in [0.5, 0.6) is 5.75 Å². The van der Waals surface area contributed by atoms with E-state index in [-0.39, 0.29) is 18.3 Å². The first-order valence-electron chi connectivity index (χ1n) is 5.60. The molecule has 98 valence electrons. The number of carbonyl (C=O) groups excluding carboxylic acids is 1. The van der Waals surface area contributed by atoms with E-state index in [9.17, 15) is 9.18 Å². The monoisotopic (exact) mass is 252 g/mol. The molecule has 0 saturated carbocycles. The van der Waals surface area contributed by atoms with Crippen LogP contribution >= 0.6 is 0 Å². The first-order valence-corrected chi connectivity index (χ1v) is 5.60. The zero-order valence-electron chi connectivity index (χ0n) is 10.3. The lowest BCUT2D eigenvalue weighted by atomic mass is 10.2. The molecule has 18 heavy (non-hydrogen) atoms. The molecule has 1 rings (SSSR count). The van der Waals surface area contributed by atoms with Gasteiger partial charge in [-0.3, -0.25) is 4.79 Å². The van der Waals surface area contributed by atoms with Gasteiger partial charge in [-0.2, -0.15) is 0 Å². The van der Waals surface area contributed by atoms with Gasteiger partial charge in [-0.15, -0.1) is 6.58 Å². The summed E-state index contributed by atoms with van der Waals surface area (Å²) in [7, 11) is 1.78. The van der Waals surface area contributed by atoms with Crippen LogP contribution in [0.3, 0.4) is 0 Å². The average molecular weight is 252 g/mol. The van der Waals surface area contributed by atoms with Crippen LogP contribution in [0.25, 0.3) is 0 Å². The van der Waals surface area contributed by atoms with Gasteiger partial charge < -0.3 is 15.4 Å². The van der Waals surface area contributed by atoms with E-state index in [1.807, 2.05) is 0 Å². The van der Waals surface area contributed by atoms with Crippen molar-refractivity contribution in [1.82, 2.24) is 10.6 Å². The van der Waals surface area contributed by atoms with Gasteiger partial charge in [0.05, 0.1) is 0 Å². The highest BCUT2D eigenvalue weighted by atomic mass is 19.1. The number of amides is 1. The Bertz CT molecular complexity index is 421. The largest absolute Gasteiger partial charge is 0.481 e. The van der Waals surface area contributed by atoms with Crippen molar-refractivity contribution in [3.8, 4) is 5.75 Å². The molecular weight excluding hydrogens is 235 g/mol. The van der Waals surface area contributed by atoms with Crippen LogP contribution in [0, 0.1) is 5.82 Å². The molecule has 0 aliphatic heterocycles. The van der Waals surface area contributed by atoms with Crippen LogP contribution in [0.2, 0.25) is 0 Å². The lowest BCUT2D eigenvalue weighted by Crippen LogP contribution is -2.28. The number of benzene rings is 1. The molecule has 0 unspecified atom stereocenters. The van der Waals surface area contributed by atoms with Crippen molar-refractivity contribution in [3.63, 3.8) is 0 Å². The SMILES string of the molecule is C=CCNC(=O)COc1ccc(CNC)cc1F. The third-order valence-electron chi connectivity index (χ3n) is 2.18. The summed E-state index contributed by atoms with van der Waals surface area (Å²) in [6.07, 6.45) is 1.56. The average Bonchev–Trinajstić information content (AvgIpc) is 2.35. The van der Waals surface area contributed by atoms with E-state index < -0.39 is 5.82 Å². The second-order valence-electron chi connectivity index (χ2n) is 3.68. The number of halogens is 1. The van der Waals surface area contributed by atoms with Crippen molar-refractivity contribution >= 4 is 5.91 Å². The second kappa shape index (κ2) is 7.45. The summed E-state index contributed by atoms with van der Waals surface area (Å²) in [5.41, 5.74) is 0.818. The first kappa shape index (κ1) is 14.2. The maximum Gasteiger partial charge on any atom is 0.258 e. The van der Waals surface area contributed by atoms with E-state index in [2.05, 4.69) is 17.2 Å². The molecule has 0 fully saturated rings. The van der Waals surface area contributed by atoms with Crippen LogP contribution in [0.4, 0.5) is 4.39 Å². The predicted octanol–water partition coefficient (Wildman–Crippen LogP) is 1.23. The molecule has 0 heterocycles. The zero-order valence-corrected chi connectivity index (χ0v) is 10.3. The molecular formula is C13H17FN2O2. The molecule has 1 aromatic rings. The Labute approximate surface area is 106 Å². The highest BCUT2D eigenvalue weighted by Gasteiger charge is 2.07. The maximum atomic E-state index is 13.6. The number of rotatable bonds is 7. The van der Waals surface area contributed by atoms with E-state index in [1.165, 1.54) is 12.1 Å². The van der Waals surface area contributed by atoms with Gasteiger partial charge in [0.15, 0.2) is 18.2 Å².